The molecule has 2 aromatic rings. The average molecular weight is 327 g/mol. The van der Waals surface area contributed by atoms with Gasteiger partial charge in [-0.25, -0.2) is 0 Å². The third-order valence-electron chi connectivity index (χ3n) is 4.42. The number of amides is 1. The van der Waals surface area contributed by atoms with Crippen LogP contribution in [0, 0.1) is 0 Å². The summed E-state index contributed by atoms with van der Waals surface area (Å²) < 4.78 is 11.0. The van der Waals surface area contributed by atoms with Gasteiger partial charge in [-0.15, -0.1) is 0 Å². The monoisotopic (exact) mass is 327 g/mol. The Balaban J connectivity index is 1.95. The normalized spacial score (nSPS) is 17.2. The largest absolute Gasteiger partial charge is 0.508 e. The van der Waals surface area contributed by atoms with Gasteiger partial charge in [-0.05, 0) is 36.2 Å². The first-order valence-electron chi connectivity index (χ1n) is 7.92. The van der Waals surface area contributed by atoms with Gasteiger partial charge in [-0.1, -0.05) is 18.2 Å². The van der Waals surface area contributed by atoms with E-state index in [1.54, 1.807) is 26.4 Å². The molecule has 1 aliphatic rings. The van der Waals surface area contributed by atoms with Gasteiger partial charge in [0.2, 0.25) is 5.91 Å². The lowest BCUT2D eigenvalue weighted by Gasteiger charge is -2.28. The van der Waals surface area contributed by atoms with E-state index in [0.29, 0.717) is 13.0 Å². The summed E-state index contributed by atoms with van der Waals surface area (Å²) in [7, 11) is 3.25. The minimum absolute atomic E-state index is 0.0857. The highest BCUT2D eigenvalue weighted by atomic mass is 16.5. The highest BCUT2D eigenvalue weighted by Crippen LogP contribution is 2.43. The molecule has 1 aliphatic heterocycles. The number of rotatable bonds is 5. The van der Waals surface area contributed by atoms with Crippen LogP contribution in [0.3, 0.4) is 0 Å². The van der Waals surface area contributed by atoms with E-state index in [4.69, 9.17) is 9.47 Å². The summed E-state index contributed by atoms with van der Waals surface area (Å²) in [4.78, 5) is 14.3. The molecule has 1 saturated heterocycles. The second-order valence-electron chi connectivity index (χ2n) is 5.82. The Morgan fingerprint density at radius 3 is 2.29 bits per heavy atom. The van der Waals surface area contributed by atoms with Gasteiger partial charge in [0.1, 0.15) is 17.2 Å². The highest BCUT2D eigenvalue weighted by Gasteiger charge is 2.35. The predicted molar refractivity (Wildman–Crippen MR) is 90.2 cm³/mol. The second kappa shape index (κ2) is 6.83. The summed E-state index contributed by atoms with van der Waals surface area (Å²) in [5, 5.41) is 9.42. The van der Waals surface area contributed by atoms with Crippen molar-refractivity contribution in [1.29, 1.82) is 0 Å². The molecule has 0 bridgehead atoms. The maximum Gasteiger partial charge on any atom is 0.223 e. The molecule has 0 aliphatic carbocycles. The number of phenols is 1. The van der Waals surface area contributed by atoms with Crippen LogP contribution in [-0.2, 0) is 11.3 Å². The molecule has 0 spiro atoms. The van der Waals surface area contributed by atoms with Crippen LogP contribution in [0.15, 0.2) is 42.5 Å². The van der Waals surface area contributed by atoms with Crippen LogP contribution in [0.25, 0.3) is 0 Å². The first kappa shape index (κ1) is 16.2. The highest BCUT2D eigenvalue weighted by molar-refractivity contribution is 5.79. The van der Waals surface area contributed by atoms with Crippen molar-refractivity contribution < 1.29 is 19.4 Å². The Labute approximate surface area is 141 Å². The van der Waals surface area contributed by atoms with Gasteiger partial charge in [0, 0.05) is 13.0 Å². The molecule has 2 aromatic carbocycles. The predicted octanol–water partition coefficient (Wildman–Crippen LogP) is 3.27. The van der Waals surface area contributed by atoms with E-state index in [1.807, 2.05) is 35.2 Å². The molecule has 5 heteroatoms. The number of hydrogen-bond donors (Lipinski definition) is 1. The molecule has 1 fully saturated rings. The van der Waals surface area contributed by atoms with Crippen LogP contribution in [0.5, 0.6) is 17.2 Å². The number of nitrogens with zero attached hydrogens (tertiary/aromatic N) is 1. The number of carbonyl (C=O) groups excluding carboxylic acids is 1. The van der Waals surface area contributed by atoms with Crippen LogP contribution >= 0.6 is 0 Å². The topological polar surface area (TPSA) is 59.0 Å². The molecule has 1 heterocycles. The van der Waals surface area contributed by atoms with Gasteiger partial charge in [-0.2, -0.15) is 0 Å². The van der Waals surface area contributed by atoms with Crippen molar-refractivity contribution in [2.75, 3.05) is 14.2 Å². The van der Waals surface area contributed by atoms with E-state index >= 15 is 0 Å². The van der Waals surface area contributed by atoms with Gasteiger partial charge in [0.05, 0.1) is 25.8 Å². The number of phenolic OH excluding ortho intramolecular Hbond substituents is 1. The van der Waals surface area contributed by atoms with Crippen LogP contribution in [0.2, 0.25) is 0 Å². The van der Waals surface area contributed by atoms with Crippen molar-refractivity contribution in [1.82, 2.24) is 4.90 Å². The molecule has 1 unspecified atom stereocenters. The molecule has 24 heavy (non-hydrogen) atoms. The number of aromatic hydroxyl groups is 1. The molecular formula is C19H21NO4. The first-order valence-corrected chi connectivity index (χ1v) is 7.92. The summed E-state index contributed by atoms with van der Waals surface area (Å²) in [5.74, 6) is 1.78. The third kappa shape index (κ3) is 3.02. The van der Waals surface area contributed by atoms with E-state index in [2.05, 4.69) is 0 Å². The zero-order valence-electron chi connectivity index (χ0n) is 13.9. The summed E-state index contributed by atoms with van der Waals surface area (Å²) in [6.07, 6.45) is 1.23. The maximum atomic E-state index is 12.4. The summed E-state index contributed by atoms with van der Waals surface area (Å²) >= 11 is 0. The van der Waals surface area contributed by atoms with Gasteiger partial charge >= 0.3 is 0 Å². The van der Waals surface area contributed by atoms with Crippen molar-refractivity contribution in [3.8, 4) is 17.2 Å². The molecule has 0 saturated carbocycles. The number of likely N-dealkylation sites (tertiary alicyclic amines) is 1. The minimum atomic E-state index is -0.0857. The molecule has 3 rings (SSSR count). The smallest absolute Gasteiger partial charge is 0.223 e. The fourth-order valence-electron chi connectivity index (χ4n) is 3.24. The molecule has 1 N–H and O–H groups in total. The third-order valence-corrected chi connectivity index (χ3v) is 4.42. The Hall–Kier alpha value is -2.69. The molecular weight excluding hydrogens is 306 g/mol. The standard InChI is InChI=1S/C19H21NO4/c1-23-16-4-3-5-17(24-2)19(16)15-10-11-18(22)20(15)12-13-6-8-14(21)9-7-13/h3-9,15,21H,10-12H2,1-2H3. The lowest BCUT2D eigenvalue weighted by Crippen LogP contribution is -2.27. The lowest BCUT2D eigenvalue weighted by atomic mass is 10.0. The summed E-state index contributed by atoms with van der Waals surface area (Å²) in [5.41, 5.74) is 1.88. The van der Waals surface area contributed by atoms with Crippen molar-refractivity contribution in [2.45, 2.75) is 25.4 Å². The van der Waals surface area contributed by atoms with Crippen LogP contribution in [0.4, 0.5) is 0 Å². The van der Waals surface area contributed by atoms with E-state index in [9.17, 15) is 9.90 Å². The zero-order chi connectivity index (χ0) is 17.1. The van der Waals surface area contributed by atoms with Gasteiger partial charge in [-0.3, -0.25) is 4.79 Å². The Bertz CT molecular complexity index is 704. The number of carbonyl (C=O) groups is 1. The SMILES string of the molecule is COc1cccc(OC)c1C1CCC(=O)N1Cc1ccc(O)cc1. The van der Waals surface area contributed by atoms with E-state index < -0.39 is 0 Å². The van der Waals surface area contributed by atoms with Crippen molar-refractivity contribution in [3.63, 3.8) is 0 Å². The maximum absolute atomic E-state index is 12.4. The van der Waals surface area contributed by atoms with Crippen molar-refractivity contribution in [2.24, 2.45) is 0 Å². The number of methoxy groups -OCH3 is 2. The fraction of sp³-hybridized carbons (Fsp3) is 0.316. The summed E-state index contributed by atoms with van der Waals surface area (Å²) in [6.45, 7) is 0.491. The van der Waals surface area contributed by atoms with E-state index in [1.165, 1.54) is 0 Å². The zero-order valence-corrected chi connectivity index (χ0v) is 13.9. The first-order chi connectivity index (χ1) is 11.6. The van der Waals surface area contributed by atoms with E-state index in [-0.39, 0.29) is 17.7 Å². The fourth-order valence-corrected chi connectivity index (χ4v) is 3.24. The minimum Gasteiger partial charge on any atom is -0.508 e. The lowest BCUT2D eigenvalue weighted by molar-refractivity contribution is -0.129. The molecule has 0 aromatic heterocycles. The number of hydrogen-bond acceptors (Lipinski definition) is 4. The van der Waals surface area contributed by atoms with Crippen molar-refractivity contribution >= 4 is 5.91 Å². The van der Waals surface area contributed by atoms with Gasteiger partial charge < -0.3 is 19.5 Å². The quantitative estimate of drug-likeness (QED) is 0.915. The van der Waals surface area contributed by atoms with Crippen molar-refractivity contribution in [3.05, 3.63) is 53.6 Å². The summed E-state index contributed by atoms with van der Waals surface area (Å²) in [6, 6.07) is 12.5. The number of benzene rings is 2. The van der Waals surface area contributed by atoms with Crippen LogP contribution in [0.1, 0.15) is 30.0 Å². The van der Waals surface area contributed by atoms with E-state index in [0.717, 1.165) is 29.0 Å². The second-order valence-corrected chi connectivity index (χ2v) is 5.82. The molecule has 1 atom stereocenters. The Morgan fingerprint density at radius 2 is 1.71 bits per heavy atom. The van der Waals surface area contributed by atoms with Gasteiger partial charge in [0.15, 0.2) is 0 Å². The molecule has 0 radical (unpaired) electrons. The molecule has 5 nitrogen and oxygen atoms in total. The van der Waals surface area contributed by atoms with Crippen LogP contribution in [-0.4, -0.2) is 30.1 Å². The van der Waals surface area contributed by atoms with Crippen LogP contribution < -0.4 is 9.47 Å². The molecule has 1 amide bonds. The number of ether oxygens (including phenoxy) is 2. The Kier molecular flexibility index (Phi) is 4.60. The van der Waals surface area contributed by atoms with Gasteiger partial charge in [0.25, 0.3) is 0 Å². The average Bonchev–Trinajstić information content (AvgIpc) is 2.96. The Morgan fingerprint density at radius 1 is 1.08 bits per heavy atom. The molecule has 126 valence electrons.